The molecule has 1 heterocycles. The summed E-state index contributed by atoms with van der Waals surface area (Å²) in [5.74, 6) is 0.0642. The van der Waals surface area contributed by atoms with Crippen molar-refractivity contribution in [2.24, 2.45) is 5.73 Å². The molecule has 1 amide bonds. The van der Waals surface area contributed by atoms with Crippen LogP contribution in [0.2, 0.25) is 0 Å². The van der Waals surface area contributed by atoms with Gasteiger partial charge in [0.05, 0.1) is 6.04 Å². The summed E-state index contributed by atoms with van der Waals surface area (Å²) in [5.41, 5.74) is 6.94. The Hall–Kier alpha value is -1.39. The highest BCUT2D eigenvalue weighted by molar-refractivity contribution is 5.81. The van der Waals surface area contributed by atoms with Crippen LogP contribution in [0.3, 0.4) is 0 Å². The van der Waals surface area contributed by atoms with Crippen molar-refractivity contribution in [3.8, 4) is 0 Å². The van der Waals surface area contributed by atoms with Gasteiger partial charge < -0.3 is 10.6 Å². The molecule has 1 atom stereocenters. The highest BCUT2D eigenvalue weighted by atomic mass is 16.2. The molecule has 1 fully saturated rings. The van der Waals surface area contributed by atoms with E-state index >= 15 is 0 Å². The molecule has 2 rings (SSSR count). The summed E-state index contributed by atoms with van der Waals surface area (Å²) in [6.07, 6.45) is 0. The Bertz CT molecular complexity index is 383. The topological polar surface area (TPSA) is 49.6 Å². The smallest absolute Gasteiger partial charge is 0.239 e. The number of nitrogens with zero attached hydrogens (tertiary/aromatic N) is 2. The minimum atomic E-state index is -0.384. The predicted octanol–water partition coefficient (Wildman–Crippen LogP) is 0.678. The van der Waals surface area contributed by atoms with Crippen LogP contribution in [0.4, 0.5) is 0 Å². The number of benzene rings is 1. The van der Waals surface area contributed by atoms with Crippen molar-refractivity contribution in [1.29, 1.82) is 0 Å². The number of nitrogens with two attached hydrogens (primary N) is 1. The summed E-state index contributed by atoms with van der Waals surface area (Å²) in [7, 11) is 0. The third kappa shape index (κ3) is 3.31. The number of carbonyl (C=O) groups is 1. The second-order valence-corrected chi connectivity index (χ2v) is 4.88. The van der Waals surface area contributed by atoms with Crippen LogP contribution >= 0.6 is 0 Å². The molecule has 0 saturated carbocycles. The van der Waals surface area contributed by atoms with E-state index in [4.69, 9.17) is 5.73 Å². The van der Waals surface area contributed by atoms with Crippen LogP contribution in [0.15, 0.2) is 30.3 Å². The molecule has 4 heteroatoms. The van der Waals surface area contributed by atoms with Crippen LogP contribution in [0.5, 0.6) is 0 Å². The summed E-state index contributed by atoms with van der Waals surface area (Å²) in [4.78, 5) is 16.0. The Morgan fingerprint density at radius 2 is 1.83 bits per heavy atom. The van der Waals surface area contributed by atoms with E-state index < -0.39 is 0 Å². The van der Waals surface area contributed by atoms with E-state index in [-0.39, 0.29) is 11.9 Å². The van der Waals surface area contributed by atoms with Gasteiger partial charge in [-0.2, -0.15) is 0 Å². The highest BCUT2D eigenvalue weighted by Gasteiger charge is 2.22. The van der Waals surface area contributed by atoms with Crippen LogP contribution in [-0.2, 0) is 11.3 Å². The van der Waals surface area contributed by atoms with Crippen LogP contribution in [0, 0.1) is 0 Å². The number of carbonyl (C=O) groups excluding carboxylic acids is 1. The van der Waals surface area contributed by atoms with E-state index in [2.05, 4.69) is 29.2 Å². The molecule has 0 bridgehead atoms. The van der Waals surface area contributed by atoms with E-state index in [1.165, 1.54) is 5.56 Å². The van der Waals surface area contributed by atoms with Crippen molar-refractivity contribution in [3.05, 3.63) is 35.9 Å². The molecule has 0 aliphatic carbocycles. The van der Waals surface area contributed by atoms with Crippen LogP contribution in [-0.4, -0.2) is 47.9 Å². The maximum atomic E-state index is 11.7. The molecule has 0 spiro atoms. The number of hydrogen-bond donors (Lipinski definition) is 1. The molecular formula is C14H21N3O. The zero-order valence-corrected chi connectivity index (χ0v) is 10.9. The normalized spacial score (nSPS) is 18.7. The van der Waals surface area contributed by atoms with Gasteiger partial charge in [-0.1, -0.05) is 30.3 Å². The fourth-order valence-corrected chi connectivity index (χ4v) is 2.26. The number of rotatable bonds is 3. The lowest BCUT2D eigenvalue weighted by molar-refractivity contribution is -0.134. The lowest BCUT2D eigenvalue weighted by Crippen LogP contribution is -2.52. The molecular weight excluding hydrogens is 226 g/mol. The standard InChI is InChI=1S/C14H21N3O/c1-12(15)14(18)17-9-7-16(8-10-17)11-13-5-3-2-4-6-13/h2-6,12H,7-11,15H2,1H3/t12-/m1/s1. The molecule has 0 aromatic heterocycles. The molecule has 1 aliphatic heterocycles. The highest BCUT2D eigenvalue weighted by Crippen LogP contribution is 2.08. The fourth-order valence-electron chi connectivity index (χ4n) is 2.26. The van der Waals surface area contributed by atoms with Crippen molar-refractivity contribution in [2.45, 2.75) is 19.5 Å². The first-order valence-electron chi connectivity index (χ1n) is 6.47. The Labute approximate surface area is 108 Å². The Morgan fingerprint density at radius 1 is 1.22 bits per heavy atom. The monoisotopic (exact) mass is 247 g/mol. The predicted molar refractivity (Wildman–Crippen MR) is 71.9 cm³/mol. The van der Waals surface area contributed by atoms with E-state index in [9.17, 15) is 4.79 Å². The van der Waals surface area contributed by atoms with E-state index in [0.29, 0.717) is 0 Å². The summed E-state index contributed by atoms with van der Waals surface area (Å²) in [5, 5.41) is 0. The van der Waals surface area contributed by atoms with Crippen LogP contribution in [0.25, 0.3) is 0 Å². The Morgan fingerprint density at radius 3 is 2.39 bits per heavy atom. The summed E-state index contributed by atoms with van der Waals surface area (Å²) in [6.45, 7) is 6.13. The molecule has 4 nitrogen and oxygen atoms in total. The Balaban J connectivity index is 1.82. The third-order valence-electron chi connectivity index (χ3n) is 3.32. The SMILES string of the molecule is C[C@@H](N)C(=O)N1CCN(Cc2ccccc2)CC1. The van der Waals surface area contributed by atoms with Crippen LogP contribution < -0.4 is 5.73 Å². The maximum absolute atomic E-state index is 11.7. The zero-order valence-electron chi connectivity index (χ0n) is 10.9. The second kappa shape index (κ2) is 5.98. The quantitative estimate of drug-likeness (QED) is 0.854. The first-order valence-corrected chi connectivity index (χ1v) is 6.47. The maximum Gasteiger partial charge on any atom is 0.239 e. The summed E-state index contributed by atoms with van der Waals surface area (Å²) >= 11 is 0. The number of amides is 1. The average Bonchev–Trinajstić information content (AvgIpc) is 2.40. The Kier molecular flexibility index (Phi) is 4.33. The van der Waals surface area contributed by atoms with Gasteiger partial charge in [-0.15, -0.1) is 0 Å². The van der Waals surface area contributed by atoms with Gasteiger partial charge in [-0.05, 0) is 12.5 Å². The molecule has 2 N–H and O–H groups in total. The lowest BCUT2D eigenvalue weighted by Gasteiger charge is -2.35. The molecule has 0 unspecified atom stereocenters. The fraction of sp³-hybridized carbons (Fsp3) is 0.500. The van der Waals surface area contributed by atoms with Gasteiger partial charge in [-0.3, -0.25) is 9.69 Å². The lowest BCUT2D eigenvalue weighted by atomic mass is 10.2. The molecule has 1 aliphatic rings. The largest absolute Gasteiger partial charge is 0.339 e. The zero-order chi connectivity index (χ0) is 13.0. The van der Waals surface area contributed by atoms with Gasteiger partial charge >= 0.3 is 0 Å². The second-order valence-electron chi connectivity index (χ2n) is 4.88. The summed E-state index contributed by atoms with van der Waals surface area (Å²) in [6, 6.07) is 10.0. The van der Waals surface area contributed by atoms with Gasteiger partial charge in [0.1, 0.15) is 0 Å². The van der Waals surface area contributed by atoms with Crippen molar-refractivity contribution in [2.75, 3.05) is 26.2 Å². The van der Waals surface area contributed by atoms with E-state index in [0.717, 1.165) is 32.7 Å². The summed E-state index contributed by atoms with van der Waals surface area (Å²) < 4.78 is 0. The average molecular weight is 247 g/mol. The molecule has 0 radical (unpaired) electrons. The molecule has 18 heavy (non-hydrogen) atoms. The number of hydrogen-bond acceptors (Lipinski definition) is 3. The van der Waals surface area contributed by atoms with E-state index in [1.54, 1.807) is 6.92 Å². The molecule has 98 valence electrons. The van der Waals surface area contributed by atoms with Crippen molar-refractivity contribution >= 4 is 5.91 Å². The van der Waals surface area contributed by atoms with Gasteiger partial charge in [0.25, 0.3) is 0 Å². The van der Waals surface area contributed by atoms with E-state index in [1.807, 2.05) is 11.0 Å². The van der Waals surface area contributed by atoms with Crippen molar-refractivity contribution < 1.29 is 4.79 Å². The van der Waals surface area contributed by atoms with Crippen LogP contribution in [0.1, 0.15) is 12.5 Å². The first kappa shape index (κ1) is 13.1. The van der Waals surface area contributed by atoms with Gasteiger partial charge in [0.15, 0.2) is 0 Å². The minimum absolute atomic E-state index is 0.0642. The molecule has 1 aromatic rings. The van der Waals surface area contributed by atoms with Gasteiger partial charge in [0.2, 0.25) is 5.91 Å². The van der Waals surface area contributed by atoms with Gasteiger partial charge in [-0.25, -0.2) is 0 Å². The minimum Gasteiger partial charge on any atom is -0.339 e. The first-order chi connectivity index (χ1) is 8.66. The third-order valence-corrected chi connectivity index (χ3v) is 3.32. The number of piperazine rings is 1. The molecule has 1 aromatic carbocycles. The van der Waals surface area contributed by atoms with Gasteiger partial charge in [0, 0.05) is 32.7 Å². The van der Waals surface area contributed by atoms with Crippen molar-refractivity contribution in [3.63, 3.8) is 0 Å². The molecule has 1 saturated heterocycles. The van der Waals surface area contributed by atoms with Crippen molar-refractivity contribution in [1.82, 2.24) is 9.80 Å².